The van der Waals surface area contributed by atoms with Gasteiger partial charge in [-0.05, 0) is 50.8 Å². The highest BCUT2D eigenvalue weighted by atomic mass is 35.5. The summed E-state index contributed by atoms with van der Waals surface area (Å²) in [7, 11) is 0. The van der Waals surface area contributed by atoms with Crippen molar-refractivity contribution in [2.75, 3.05) is 39.3 Å². The zero-order valence-corrected chi connectivity index (χ0v) is 21.9. The summed E-state index contributed by atoms with van der Waals surface area (Å²) in [6.07, 6.45) is -4.85. The van der Waals surface area contributed by atoms with Crippen molar-refractivity contribution in [2.45, 2.75) is 57.3 Å². The molecule has 9 nitrogen and oxygen atoms in total. The van der Waals surface area contributed by atoms with Gasteiger partial charge in [-0.1, -0.05) is 17.7 Å². The number of likely N-dealkylation sites (tertiary alicyclic amines) is 1. The minimum atomic E-state index is -4.53. The second-order valence-electron chi connectivity index (χ2n) is 10.7. The molecular weight excluding hydrogens is 513 g/mol. The third-order valence-electron chi connectivity index (χ3n) is 6.80. The van der Waals surface area contributed by atoms with Crippen LogP contribution in [0.5, 0.6) is 0 Å². The van der Waals surface area contributed by atoms with E-state index < -0.39 is 29.6 Å². The van der Waals surface area contributed by atoms with Crippen LogP contribution in [0.3, 0.4) is 0 Å². The standard InChI is InChI=1S/C24H34ClF3N6O3/c1-23(2,3)37-22(36)31-11-14-6-8-33(13-14)20-18(34-9-7-29-21(34)35)12-30-19(32-20)15-4-5-16(17(25)10-15)24(26,27)28/h4-5,10,14,18-20,30,32H,6-9,11-13H2,1-3H3,(H,29,35)(H,31,36). The third-order valence-corrected chi connectivity index (χ3v) is 7.11. The maximum absolute atomic E-state index is 13.2. The van der Waals surface area contributed by atoms with Crippen LogP contribution in [0.25, 0.3) is 0 Å². The smallest absolute Gasteiger partial charge is 0.417 e. The number of alkyl halides is 3. The quantitative estimate of drug-likeness (QED) is 0.453. The maximum atomic E-state index is 13.2. The molecule has 13 heteroatoms. The Morgan fingerprint density at radius 1 is 1.24 bits per heavy atom. The molecule has 4 N–H and O–H groups in total. The highest BCUT2D eigenvalue weighted by molar-refractivity contribution is 6.31. The Morgan fingerprint density at radius 3 is 2.62 bits per heavy atom. The fourth-order valence-corrected chi connectivity index (χ4v) is 5.40. The van der Waals surface area contributed by atoms with Gasteiger partial charge in [0.1, 0.15) is 5.60 Å². The molecule has 0 saturated carbocycles. The van der Waals surface area contributed by atoms with Gasteiger partial charge in [0.05, 0.1) is 29.0 Å². The Hall–Kier alpha value is -2.28. The Morgan fingerprint density at radius 2 is 2.00 bits per heavy atom. The number of urea groups is 1. The average Bonchev–Trinajstić information content (AvgIpc) is 3.44. The second kappa shape index (κ2) is 10.8. The molecule has 37 heavy (non-hydrogen) atoms. The molecule has 4 unspecified atom stereocenters. The Bertz CT molecular complexity index is 1000. The van der Waals surface area contributed by atoms with Gasteiger partial charge in [-0.3, -0.25) is 15.5 Å². The lowest BCUT2D eigenvalue weighted by Crippen LogP contribution is -2.67. The van der Waals surface area contributed by atoms with E-state index in [1.54, 1.807) is 4.90 Å². The molecule has 3 fully saturated rings. The minimum Gasteiger partial charge on any atom is -0.444 e. The van der Waals surface area contributed by atoms with Crippen LogP contribution in [0.15, 0.2) is 18.2 Å². The molecular formula is C24H34ClF3N6O3. The lowest BCUT2D eigenvalue weighted by atomic mass is 10.0. The van der Waals surface area contributed by atoms with Crippen LogP contribution >= 0.6 is 11.6 Å². The van der Waals surface area contributed by atoms with Crippen LogP contribution in [0.4, 0.5) is 22.8 Å². The predicted octanol–water partition coefficient (Wildman–Crippen LogP) is 3.12. The normalized spacial score (nSPS) is 27.3. The molecule has 4 rings (SSSR count). The van der Waals surface area contributed by atoms with Gasteiger partial charge in [-0.15, -0.1) is 0 Å². The summed E-state index contributed by atoms with van der Waals surface area (Å²) in [6, 6.07) is 3.39. The van der Waals surface area contributed by atoms with Gasteiger partial charge in [0.15, 0.2) is 0 Å². The van der Waals surface area contributed by atoms with Crippen LogP contribution in [-0.4, -0.2) is 79.0 Å². The largest absolute Gasteiger partial charge is 0.444 e. The first kappa shape index (κ1) is 27.7. The first-order valence-electron chi connectivity index (χ1n) is 12.4. The highest BCUT2D eigenvalue weighted by Crippen LogP contribution is 2.36. The molecule has 1 aromatic carbocycles. The molecule has 3 aliphatic heterocycles. The molecule has 4 atom stereocenters. The molecule has 206 valence electrons. The van der Waals surface area contributed by atoms with E-state index in [0.717, 1.165) is 19.0 Å². The van der Waals surface area contributed by atoms with Gasteiger partial charge in [-0.25, -0.2) is 9.59 Å². The zero-order chi connectivity index (χ0) is 27.0. The van der Waals surface area contributed by atoms with E-state index >= 15 is 0 Å². The van der Waals surface area contributed by atoms with Crippen molar-refractivity contribution >= 4 is 23.7 Å². The van der Waals surface area contributed by atoms with Crippen molar-refractivity contribution in [1.82, 2.24) is 31.1 Å². The minimum absolute atomic E-state index is 0.142. The number of hydrogen-bond acceptors (Lipinski definition) is 6. The number of nitrogens with one attached hydrogen (secondary N) is 4. The van der Waals surface area contributed by atoms with Gasteiger partial charge in [0, 0.05) is 39.3 Å². The van der Waals surface area contributed by atoms with Crippen LogP contribution in [0.2, 0.25) is 5.02 Å². The van der Waals surface area contributed by atoms with E-state index in [2.05, 4.69) is 26.2 Å². The van der Waals surface area contributed by atoms with E-state index in [1.165, 1.54) is 12.1 Å². The summed E-state index contributed by atoms with van der Waals surface area (Å²) in [4.78, 5) is 28.6. The predicted molar refractivity (Wildman–Crippen MR) is 132 cm³/mol. The first-order chi connectivity index (χ1) is 17.3. The van der Waals surface area contributed by atoms with Gasteiger partial charge in [0.2, 0.25) is 0 Å². The van der Waals surface area contributed by atoms with Crippen molar-refractivity contribution in [3.05, 3.63) is 34.3 Å². The van der Waals surface area contributed by atoms with E-state index in [1.807, 2.05) is 20.8 Å². The summed E-state index contributed by atoms with van der Waals surface area (Å²) in [5.74, 6) is 0.191. The third kappa shape index (κ3) is 6.78. The first-order valence-corrected chi connectivity index (χ1v) is 12.8. The molecule has 0 bridgehead atoms. The summed E-state index contributed by atoms with van der Waals surface area (Å²) in [5.41, 5.74) is -0.878. The number of hydrogen-bond donors (Lipinski definition) is 4. The lowest BCUT2D eigenvalue weighted by Gasteiger charge is -2.46. The topological polar surface area (TPSA) is 98.0 Å². The number of amides is 3. The Labute approximate surface area is 219 Å². The fraction of sp³-hybridized carbons (Fsp3) is 0.667. The molecule has 3 amide bonds. The van der Waals surface area contributed by atoms with Crippen molar-refractivity contribution in [3.63, 3.8) is 0 Å². The Balaban J connectivity index is 1.46. The van der Waals surface area contributed by atoms with Crippen molar-refractivity contribution in [1.29, 1.82) is 0 Å². The maximum Gasteiger partial charge on any atom is 0.417 e. The van der Waals surface area contributed by atoms with Crippen LogP contribution in [0, 0.1) is 5.92 Å². The summed E-state index contributed by atoms with van der Waals surface area (Å²) >= 11 is 5.98. The van der Waals surface area contributed by atoms with Crippen molar-refractivity contribution in [2.24, 2.45) is 5.92 Å². The number of carbonyl (C=O) groups excluding carboxylic acids is 2. The van der Waals surface area contributed by atoms with Gasteiger partial charge in [0.25, 0.3) is 0 Å². The van der Waals surface area contributed by atoms with Crippen LogP contribution < -0.4 is 21.3 Å². The van der Waals surface area contributed by atoms with Crippen LogP contribution in [0.1, 0.15) is 44.5 Å². The number of carbonyl (C=O) groups is 2. The van der Waals surface area contributed by atoms with Gasteiger partial charge < -0.3 is 20.3 Å². The molecule has 0 aromatic heterocycles. The average molecular weight is 547 g/mol. The van der Waals surface area contributed by atoms with Gasteiger partial charge in [-0.2, -0.15) is 13.2 Å². The number of ether oxygens (including phenoxy) is 1. The molecule has 1 aromatic rings. The molecule has 0 radical (unpaired) electrons. The lowest BCUT2D eigenvalue weighted by molar-refractivity contribution is -0.137. The number of halogens is 4. The van der Waals surface area contributed by atoms with E-state index in [4.69, 9.17) is 16.3 Å². The van der Waals surface area contributed by atoms with E-state index in [0.29, 0.717) is 38.3 Å². The second-order valence-corrected chi connectivity index (χ2v) is 11.1. The van der Waals surface area contributed by atoms with Gasteiger partial charge >= 0.3 is 18.3 Å². The number of rotatable bonds is 5. The van der Waals surface area contributed by atoms with Crippen molar-refractivity contribution in [3.8, 4) is 0 Å². The summed E-state index contributed by atoms with van der Waals surface area (Å²) in [5, 5.41) is 12.1. The fourth-order valence-electron chi connectivity index (χ4n) is 5.10. The highest BCUT2D eigenvalue weighted by Gasteiger charge is 2.43. The van der Waals surface area contributed by atoms with E-state index in [-0.39, 0.29) is 29.2 Å². The SMILES string of the molecule is CC(C)(C)OC(=O)NCC1CCN(C2NC(c3ccc(C(F)(F)F)c(Cl)c3)NCC2N2CCNC2=O)C1. The van der Waals surface area contributed by atoms with E-state index in [9.17, 15) is 22.8 Å². The molecule has 3 heterocycles. The molecule has 3 saturated heterocycles. The van der Waals surface area contributed by atoms with Crippen LogP contribution in [-0.2, 0) is 10.9 Å². The summed E-state index contributed by atoms with van der Waals surface area (Å²) < 4.78 is 44.9. The zero-order valence-electron chi connectivity index (χ0n) is 21.1. The Kier molecular flexibility index (Phi) is 8.13. The number of alkyl carbamates (subject to hydrolysis) is 1. The molecule has 0 aliphatic carbocycles. The molecule has 0 spiro atoms. The monoisotopic (exact) mass is 546 g/mol. The van der Waals surface area contributed by atoms with Crippen molar-refractivity contribution < 1.29 is 27.5 Å². The number of nitrogens with zero attached hydrogens (tertiary/aromatic N) is 2. The number of benzene rings is 1. The summed E-state index contributed by atoms with van der Waals surface area (Å²) in [6.45, 7) is 8.88. The molecule has 3 aliphatic rings.